The summed E-state index contributed by atoms with van der Waals surface area (Å²) in [4.78, 5) is 23.0. The van der Waals surface area contributed by atoms with E-state index in [2.05, 4.69) is 6.66 Å². The molecule has 0 radical (unpaired) electrons. The lowest BCUT2D eigenvalue weighted by molar-refractivity contribution is -0.153. The number of rotatable bonds is 11. The smallest absolute Gasteiger partial charge is 0.312 e. The number of amides is 1. The fourth-order valence-corrected chi connectivity index (χ4v) is 2.76. The van der Waals surface area contributed by atoms with Crippen LogP contribution in [0.1, 0.15) is 19.8 Å². The quantitative estimate of drug-likeness (QED) is 0.334. The molecule has 0 rings (SSSR count). The summed E-state index contributed by atoms with van der Waals surface area (Å²) in [6.45, 7) is 4.91. The Morgan fingerprint density at radius 3 is 2.63 bits per heavy atom. The van der Waals surface area contributed by atoms with Crippen molar-refractivity contribution >= 4 is 32.2 Å². The molecule has 0 heterocycles. The van der Waals surface area contributed by atoms with E-state index >= 15 is 0 Å². The zero-order valence-corrected chi connectivity index (χ0v) is 13.6. The van der Waals surface area contributed by atoms with Gasteiger partial charge in [0, 0.05) is 24.5 Å². The number of hydrogen-bond donors (Lipinski definition) is 2. The van der Waals surface area contributed by atoms with Gasteiger partial charge in [0.2, 0.25) is 5.91 Å². The van der Waals surface area contributed by atoms with E-state index < -0.39 is 11.3 Å². The molecular weight excluding hydrogens is 283 g/mol. The molecule has 0 aromatic heterocycles. The Hall–Kier alpha value is -0.320. The van der Waals surface area contributed by atoms with Crippen molar-refractivity contribution in [2.75, 3.05) is 37.5 Å². The highest BCUT2D eigenvalue weighted by Crippen LogP contribution is 2.30. The number of carbonyl (C=O) groups excluding carboxylic acids is 2. The predicted octanol–water partition coefficient (Wildman–Crippen LogP) is 0.802. The topological polar surface area (TPSA) is 95.4 Å². The van der Waals surface area contributed by atoms with Gasteiger partial charge in [-0.25, -0.2) is 0 Å². The molecule has 0 aromatic rings. The fourth-order valence-electron chi connectivity index (χ4n) is 1.43. The Balaban J connectivity index is 4.43. The molecule has 19 heavy (non-hydrogen) atoms. The van der Waals surface area contributed by atoms with Crippen LogP contribution in [0.2, 0.25) is 0 Å². The van der Waals surface area contributed by atoms with Crippen LogP contribution < -0.4 is 11.5 Å². The van der Waals surface area contributed by atoms with E-state index in [4.69, 9.17) is 16.2 Å². The van der Waals surface area contributed by atoms with Crippen LogP contribution in [-0.2, 0) is 14.3 Å². The van der Waals surface area contributed by atoms with Crippen LogP contribution in [-0.4, -0.2) is 49.4 Å². The molecule has 0 aromatic carbocycles. The molecule has 0 aliphatic heterocycles. The van der Waals surface area contributed by atoms with E-state index in [0.29, 0.717) is 25.3 Å². The lowest BCUT2D eigenvalue weighted by Crippen LogP contribution is -2.34. The van der Waals surface area contributed by atoms with Gasteiger partial charge in [-0.05, 0) is 26.2 Å². The normalized spacial score (nSPS) is 14.5. The number of thioether (sulfide) groups is 1. The summed E-state index contributed by atoms with van der Waals surface area (Å²) in [5.74, 6) is 0.759. The summed E-state index contributed by atoms with van der Waals surface area (Å²) >= 11 is 1.60. The van der Waals surface area contributed by atoms with E-state index in [1.54, 1.807) is 11.8 Å². The third-order valence-corrected chi connectivity index (χ3v) is 4.75. The molecule has 5 nitrogen and oxygen atoms in total. The van der Waals surface area contributed by atoms with Crippen molar-refractivity contribution < 1.29 is 14.3 Å². The maximum Gasteiger partial charge on any atom is 0.312 e. The van der Waals surface area contributed by atoms with Crippen LogP contribution in [0.4, 0.5) is 0 Å². The summed E-state index contributed by atoms with van der Waals surface area (Å²) in [6.07, 6.45) is 1.51. The monoisotopic (exact) mass is 308 g/mol. The third kappa shape index (κ3) is 8.45. The Kier molecular flexibility index (Phi) is 10.3. The van der Waals surface area contributed by atoms with Crippen LogP contribution in [0, 0.1) is 5.41 Å². The number of nitrogens with two attached hydrogens (primary N) is 2. The van der Waals surface area contributed by atoms with Gasteiger partial charge in [-0.15, -0.1) is 8.58 Å². The van der Waals surface area contributed by atoms with E-state index in [1.165, 1.54) is 0 Å². The molecule has 0 spiro atoms. The first-order chi connectivity index (χ1) is 8.96. The Labute approximate surface area is 121 Å². The molecule has 2 unspecified atom stereocenters. The molecule has 0 bridgehead atoms. The summed E-state index contributed by atoms with van der Waals surface area (Å²) in [5.41, 5.74) is 9.94. The van der Waals surface area contributed by atoms with Gasteiger partial charge in [0.1, 0.15) is 0 Å². The van der Waals surface area contributed by atoms with Gasteiger partial charge in [0.25, 0.3) is 0 Å². The second-order valence-electron chi connectivity index (χ2n) is 4.61. The van der Waals surface area contributed by atoms with E-state index in [9.17, 15) is 9.59 Å². The van der Waals surface area contributed by atoms with Crippen molar-refractivity contribution in [3.8, 4) is 0 Å². The number of primary amides is 1. The van der Waals surface area contributed by atoms with Crippen molar-refractivity contribution in [3.05, 3.63) is 0 Å². The van der Waals surface area contributed by atoms with Crippen LogP contribution in [0.25, 0.3) is 0 Å². The number of ether oxygens (including phenoxy) is 1. The van der Waals surface area contributed by atoms with Crippen LogP contribution in [0.5, 0.6) is 0 Å². The summed E-state index contributed by atoms with van der Waals surface area (Å²) < 4.78 is 5.28. The predicted molar refractivity (Wildman–Crippen MR) is 83.0 cm³/mol. The first-order valence-electron chi connectivity index (χ1n) is 6.34. The number of esters is 1. The molecule has 0 fully saturated rings. The highest BCUT2D eigenvalue weighted by molar-refractivity contribution is 7.99. The minimum Gasteiger partial charge on any atom is -0.465 e. The minimum atomic E-state index is -0.661. The summed E-state index contributed by atoms with van der Waals surface area (Å²) in [7, 11) is 0.766. The van der Waals surface area contributed by atoms with Crippen LogP contribution in [0.3, 0.4) is 0 Å². The van der Waals surface area contributed by atoms with E-state index in [1.807, 2.05) is 6.92 Å². The number of hydrogen-bond acceptors (Lipinski definition) is 5. The first kappa shape index (κ1) is 18.7. The molecule has 0 saturated heterocycles. The Morgan fingerprint density at radius 1 is 1.42 bits per heavy atom. The standard InChI is InChI=1S/C12H25N2O3PS/c1-12(4-3-10(14)15,9-19-8-5-13)11(16)17-6-7-18-2/h18H,3-9,13H2,1-2H3,(H2,14,15). The molecule has 2 atom stereocenters. The minimum absolute atomic E-state index is 0.199. The lowest BCUT2D eigenvalue weighted by atomic mass is 9.87. The fraction of sp³-hybridized carbons (Fsp3) is 0.833. The van der Waals surface area contributed by atoms with Gasteiger partial charge < -0.3 is 16.2 Å². The van der Waals surface area contributed by atoms with Crippen LogP contribution in [0.15, 0.2) is 0 Å². The molecule has 0 aliphatic rings. The van der Waals surface area contributed by atoms with Gasteiger partial charge in [-0.2, -0.15) is 11.8 Å². The van der Waals surface area contributed by atoms with Gasteiger partial charge in [0.05, 0.1) is 12.0 Å². The second-order valence-corrected chi connectivity index (χ2v) is 6.92. The van der Waals surface area contributed by atoms with Crippen molar-refractivity contribution in [1.82, 2.24) is 0 Å². The average molecular weight is 308 g/mol. The van der Waals surface area contributed by atoms with Gasteiger partial charge in [-0.1, -0.05) is 0 Å². The van der Waals surface area contributed by atoms with Crippen molar-refractivity contribution in [3.63, 3.8) is 0 Å². The van der Waals surface area contributed by atoms with Gasteiger partial charge >= 0.3 is 5.97 Å². The molecule has 7 heteroatoms. The third-order valence-electron chi connectivity index (χ3n) is 2.68. The summed E-state index contributed by atoms with van der Waals surface area (Å²) in [5, 5.41) is 0. The molecule has 1 amide bonds. The van der Waals surface area contributed by atoms with Gasteiger partial charge in [0.15, 0.2) is 0 Å². The highest BCUT2D eigenvalue weighted by Gasteiger charge is 2.34. The summed E-state index contributed by atoms with van der Waals surface area (Å²) in [6, 6.07) is 0. The molecule has 4 N–H and O–H groups in total. The van der Waals surface area contributed by atoms with E-state index in [0.717, 1.165) is 20.5 Å². The molecular formula is C12H25N2O3PS. The van der Waals surface area contributed by atoms with Crippen molar-refractivity contribution in [2.24, 2.45) is 16.9 Å². The SMILES string of the molecule is CPCCOC(=O)C(C)(CCC(N)=O)CSCCN. The highest BCUT2D eigenvalue weighted by atomic mass is 32.2. The maximum atomic E-state index is 12.1. The van der Waals surface area contributed by atoms with E-state index in [-0.39, 0.29) is 12.4 Å². The Bertz CT molecular complexity index is 292. The largest absolute Gasteiger partial charge is 0.465 e. The molecule has 0 saturated carbocycles. The van der Waals surface area contributed by atoms with Crippen molar-refractivity contribution in [1.29, 1.82) is 0 Å². The second kappa shape index (κ2) is 10.5. The van der Waals surface area contributed by atoms with Gasteiger partial charge in [-0.3, -0.25) is 9.59 Å². The maximum absolute atomic E-state index is 12.1. The molecule has 0 aliphatic carbocycles. The molecule has 112 valence electrons. The zero-order valence-electron chi connectivity index (χ0n) is 11.7. The number of carbonyl (C=O) groups is 2. The first-order valence-corrected chi connectivity index (χ1v) is 9.20. The lowest BCUT2D eigenvalue weighted by Gasteiger charge is -2.26. The van der Waals surface area contributed by atoms with Crippen molar-refractivity contribution in [2.45, 2.75) is 19.8 Å². The average Bonchev–Trinajstić information content (AvgIpc) is 2.37. The van der Waals surface area contributed by atoms with Crippen LogP contribution >= 0.6 is 20.3 Å². The Morgan fingerprint density at radius 2 is 2.11 bits per heavy atom. The zero-order chi connectivity index (χ0) is 14.7.